The summed E-state index contributed by atoms with van der Waals surface area (Å²) in [7, 11) is -2.97. The standard InChI is InChI=1S/C13H12N2O6S/c1-20-11-5-3-2-4-10(11)13(16)15-14-8-9-6-7-12(21-9)22(17,18)19/h2-8H,1H3,(H,15,16)(H,17,18,19). The van der Waals surface area contributed by atoms with Crippen LogP contribution in [0.4, 0.5) is 0 Å². The normalized spacial score (nSPS) is 11.5. The van der Waals surface area contributed by atoms with Crippen LogP contribution in [0, 0.1) is 0 Å². The summed E-state index contributed by atoms with van der Waals surface area (Å²) in [6.45, 7) is 0. The molecule has 1 amide bonds. The summed E-state index contributed by atoms with van der Waals surface area (Å²) in [6, 6.07) is 8.93. The highest BCUT2D eigenvalue weighted by Crippen LogP contribution is 2.16. The average Bonchev–Trinajstić information content (AvgIpc) is 2.96. The molecule has 22 heavy (non-hydrogen) atoms. The molecule has 0 saturated carbocycles. The summed E-state index contributed by atoms with van der Waals surface area (Å²) in [6.07, 6.45) is 1.10. The highest BCUT2D eigenvalue weighted by molar-refractivity contribution is 7.85. The molecule has 0 atom stereocenters. The zero-order chi connectivity index (χ0) is 16.2. The van der Waals surface area contributed by atoms with Gasteiger partial charge in [-0.25, -0.2) is 5.43 Å². The number of ether oxygens (including phenoxy) is 1. The zero-order valence-corrected chi connectivity index (χ0v) is 12.2. The summed E-state index contributed by atoms with van der Waals surface area (Å²) in [5.41, 5.74) is 2.54. The number of hydrazone groups is 1. The third-order valence-electron chi connectivity index (χ3n) is 2.57. The molecule has 0 bridgehead atoms. The van der Waals surface area contributed by atoms with Gasteiger partial charge in [-0.05, 0) is 24.3 Å². The second-order valence-corrected chi connectivity index (χ2v) is 5.38. The number of benzene rings is 1. The van der Waals surface area contributed by atoms with Crippen LogP contribution in [0.25, 0.3) is 0 Å². The van der Waals surface area contributed by atoms with Crippen molar-refractivity contribution in [2.45, 2.75) is 5.09 Å². The summed E-state index contributed by atoms with van der Waals surface area (Å²) >= 11 is 0. The Balaban J connectivity index is 2.06. The Morgan fingerprint density at radius 2 is 2.05 bits per heavy atom. The van der Waals surface area contributed by atoms with Gasteiger partial charge >= 0.3 is 10.1 Å². The van der Waals surface area contributed by atoms with Gasteiger partial charge in [0, 0.05) is 0 Å². The minimum absolute atomic E-state index is 0.0490. The van der Waals surface area contributed by atoms with Gasteiger partial charge in [0.05, 0.1) is 18.9 Å². The molecule has 0 aliphatic carbocycles. The second kappa shape index (κ2) is 6.41. The Morgan fingerprint density at radius 3 is 2.68 bits per heavy atom. The highest BCUT2D eigenvalue weighted by Gasteiger charge is 2.14. The monoisotopic (exact) mass is 324 g/mol. The topological polar surface area (TPSA) is 118 Å². The molecule has 0 radical (unpaired) electrons. The van der Waals surface area contributed by atoms with E-state index in [0.29, 0.717) is 11.3 Å². The average molecular weight is 324 g/mol. The lowest BCUT2D eigenvalue weighted by Crippen LogP contribution is -2.18. The van der Waals surface area contributed by atoms with E-state index in [9.17, 15) is 13.2 Å². The summed E-state index contributed by atoms with van der Waals surface area (Å²) in [5.74, 6) is -0.0648. The van der Waals surface area contributed by atoms with E-state index in [1.807, 2.05) is 0 Å². The molecule has 9 heteroatoms. The van der Waals surface area contributed by atoms with Crippen LogP contribution in [0.3, 0.4) is 0 Å². The zero-order valence-electron chi connectivity index (χ0n) is 11.4. The number of carbonyl (C=O) groups is 1. The van der Waals surface area contributed by atoms with Crippen LogP contribution in [-0.4, -0.2) is 32.2 Å². The van der Waals surface area contributed by atoms with Crippen LogP contribution in [0.1, 0.15) is 16.1 Å². The Hall–Kier alpha value is -2.65. The quantitative estimate of drug-likeness (QED) is 0.486. The van der Waals surface area contributed by atoms with Crippen molar-refractivity contribution in [3.63, 3.8) is 0 Å². The molecule has 8 nitrogen and oxygen atoms in total. The van der Waals surface area contributed by atoms with E-state index in [1.54, 1.807) is 24.3 Å². The van der Waals surface area contributed by atoms with Gasteiger partial charge < -0.3 is 9.15 Å². The van der Waals surface area contributed by atoms with E-state index in [-0.39, 0.29) is 5.76 Å². The number of nitrogens with zero attached hydrogens (tertiary/aromatic N) is 1. The van der Waals surface area contributed by atoms with Gasteiger partial charge in [0.1, 0.15) is 11.5 Å². The van der Waals surface area contributed by atoms with Crippen LogP contribution in [0.2, 0.25) is 0 Å². The fraction of sp³-hybridized carbons (Fsp3) is 0.0769. The SMILES string of the molecule is COc1ccccc1C(=O)NN=Cc1ccc(S(=O)(=O)O)o1. The van der Waals surface area contributed by atoms with Gasteiger partial charge in [0.15, 0.2) is 0 Å². The predicted octanol–water partition coefficient (Wildman–Crippen LogP) is 1.30. The molecule has 2 N–H and O–H groups in total. The van der Waals surface area contributed by atoms with Crippen LogP contribution < -0.4 is 10.2 Å². The lowest BCUT2D eigenvalue weighted by molar-refractivity contribution is 0.0952. The second-order valence-electron chi connectivity index (χ2n) is 4.03. The molecule has 1 aromatic carbocycles. The molecule has 2 aromatic rings. The highest BCUT2D eigenvalue weighted by atomic mass is 32.2. The minimum Gasteiger partial charge on any atom is -0.496 e. The maximum absolute atomic E-state index is 11.9. The number of furan rings is 1. The minimum atomic E-state index is -4.41. The summed E-state index contributed by atoms with van der Waals surface area (Å²) < 4.78 is 40.3. The Morgan fingerprint density at radius 1 is 1.32 bits per heavy atom. The van der Waals surface area contributed by atoms with Crippen molar-refractivity contribution in [1.29, 1.82) is 0 Å². The van der Waals surface area contributed by atoms with Gasteiger partial charge in [-0.15, -0.1) is 0 Å². The van der Waals surface area contributed by atoms with E-state index in [2.05, 4.69) is 10.5 Å². The van der Waals surface area contributed by atoms with E-state index in [1.165, 1.54) is 13.2 Å². The maximum Gasteiger partial charge on any atom is 0.328 e. The number of amides is 1. The Bertz CT molecular complexity index is 809. The number of methoxy groups -OCH3 is 1. The fourth-order valence-electron chi connectivity index (χ4n) is 1.59. The third kappa shape index (κ3) is 3.71. The van der Waals surface area contributed by atoms with Crippen molar-refractivity contribution in [1.82, 2.24) is 5.43 Å². The maximum atomic E-state index is 11.9. The summed E-state index contributed by atoms with van der Waals surface area (Å²) in [5, 5.41) is 3.03. The number of hydrogen-bond acceptors (Lipinski definition) is 6. The number of rotatable bonds is 5. The number of para-hydroxylation sites is 1. The van der Waals surface area contributed by atoms with Gasteiger partial charge in [0.25, 0.3) is 5.91 Å². The molecule has 0 spiro atoms. The lowest BCUT2D eigenvalue weighted by atomic mass is 10.2. The van der Waals surface area contributed by atoms with E-state index in [0.717, 1.165) is 12.3 Å². The molecule has 0 unspecified atom stereocenters. The number of nitrogens with one attached hydrogen (secondary N) is 1. The first-order valence-electron chi connectivity index (χ1n) is 5.95. The predicted molar refractivity (Wildman–Crippen MR) is 76.6 cm³/mol. The molecule has 2 rings (SSSR count). The molecule has 0 saturated heterocycles. The van der Waals surface area contributed by atoms with Crippen molar-refractivity contribution >= 4 is 22.2 Å². The first kappa shape index (κ1) is 15.7. The third-order valence-corrected chi connectivity index (χ3v) is 3.29. The number of carbonyl (C=O) groups excluding carboxylic acids is 1. The molecule has 0 aliphatic heterocycles. The molecule has 116 valence electrons. The smallest absolute Gasteiger partial charge is 0.328 e. The lowest BCUT2D eigenvalue weighted by Gasteiger charge is -2.05. The van der Waals surface area contributed by atoms with Crippen molar-refractivity contribution in [2.75, 3.05) is 7.11 Å². The van der Waals surface area contributed by atoms with Crippen molar-refractivity contribution in [3.05, 3.63) is 47.7 Å². The van der Waals surface area contributed by atoms with Crippen LogP contribution in [0.5, 0.6) is 5.75 Å². The van der Waals surface area contributed by atoms with Gasteiger partial charge in [-0.3, -0.25) is 9.35 Å². The molecule has 0 fully saturated rings. The van der Waals surface area contributed by atoms with E-state index in [4.69, 9.17) is 13.7 Å². The van der Waals surface area contributed by atoms with Crippen LogP contribution in [0.15, 0.2) is 51.0 Å². The molecular weight excluding hydrogens is 312 g/mol. The van der Waals surface area contributed by atoms with Crippen LogP contribution >= 0.6 is 0 Å². The van der Waals surface area contributed by atoms with Crippen molar-refractivity contribution in [3.8, 4) is 5.75 Å². The van der Waals surface area contributed by atoms with Crippen molar-refractivity contribution in [2.24, 2.45) is 5.10 Å². The van der Waals surface area contributed by atoms with E-state index < -0.39 is 21.1 Å². The number of hydrogen-bond donors (Lipinski definition) is 2. The van der Waals surface area contributed by atoms with Crippen LogP contribution in [-0.2, 0) is 10.1 Å². The molecule has 1 aromatic heterocycles. The first-order chi connectivity index (χ1) is 10.4. The first-order valence-corrected chi connectivity index (χ1v) is 7.39. The largest absolute Gasteiger partial charge is 0.496 e. The summed E-state index contributed by atoms with van der Waals surface area (Å²) in [4.78, 5) is 11.9. The molecular formula is C13H12N2O6S. The van der Waals surface area contributed by atoms with Gasteiger partial charge in [-0.1, -0.05) is 12.1 Å². The van der Waals surface area contributed by atoms with E-state index >= 15 is 0 Å². The van der Waals surface area contributed by atoms with Gasteiger partial charge in [0.2, 0.25) is 5.09 Å². The molecule has 0 aliphatic rings. The van der Waals surface area contributed by atoms with Crippen molar-refractivity contribution < 1.29 is 26.9 Å². The Kier molecular flexibility index (Phi) is 4.59. The Labute approximate surface area is 126 Å². The fourth-order valence-corrected chi connectivity index (χ4v) is 2.03. The molecule has 1 heterocycles. The van der Waals surface area contributed by atoms with Gasteiger partial charge in [-0.2, -0.15) is 13.5 Å².